The van der Waals surface area contributed by atoms with E-state index in [1.165, 1.54) is 5.01 Å². The fourth-order valence-corrected chi connectivity index (χ4v) is 4.80. The molecule has 1 fully saturated rings. The van der Waals surface area contributed by atoms with Crippen LogP contribution in [0.3, 0.4) is 0 Å². The number of carboxylic acid groups (broad SMARTS) is 1. The molecule has 3 amide bonds. The smallest absolute Gasteiger partial charge is 0.405 e. The molecular formula is C25H28N4O4. The van der Waals surface area contributed by atoms with E-state index < -0.39 is 17.6 Å². The highest BCUT2D eigenvalue weighted by Gasteiger charge is 2.53. The second-order valence-corrected chi connectivity index (χ2v) is 8.66. The molecule has 33 heavy (non-hydrogen) atoms. The van der Waals surface area contributed by atoms with E-state index in [1.807, 2.05) is 60.7 Å². The molecule has 2 atom stereocenters. The molecule has 0 radical (unpaired) electrons. The van der Waals surface area contributed by atoms with Gasteiger partial charge in [-0.05, 0) is 30.4 Å². The number of hydrazone groups is 1. The summed E-state index contributed by atoms with van der Waals surface area (Å²) in [7, 11) is 1.64. The van der Waals surface area contributed by atoms with Crippen molar-refractivity contribution in [3.63, 3.8) is 0 Å². The zero-order chi connectivity index (χ0) is 23.4. The van der Waals surface area contributed by atoms with Gasteiger partial charge in [0.1, 0.15) is 11.5 Å². The zero-order valence-electron chi connectivity index (χ0n) is 18.6. The Morgan fingerprint density at radius 1 is 1.09 bits per heavy atom. The molecular weight excluding hydrogens is 420 g/mol. The van der Waals surface area contributed by atoms with Gasteiger partial charge in [-0.2, -0.15) is 5.10 Å². The summed E-state index contributed by atoms with van der Waals surface area (Å²) >= 11 is 0. The molecule has 0 aromatic heterocycles. The van der Waals surface area contributed by atoms with Crippen LogP contribution in [0, 0.1) is 5.41 Å². The molecule has 172 valence electrons. The van der Waals surface area contributed by atoms with Crippen LogP contribution in [0.4, 0.5) is 4.79 Å². The number of carbonyl (C=O) groups excluding carboxylic acids is 2. The first kappa shape index (κ1) is 22.5. The maximum atomic E-state index is 13.5. The molecule has 2 heterocycles. The molecule has 0 spiro atoms. The van der Waals surface area contributed by atoms with Gasteiger partial charge in [0.05, 0.1) is 5.71 Å². The van der Waals surface area contributed by atoms with Crippen LogP contribution in [0.15, 0.2) is 65.8 Å². The van der Waals surface area contributed by atoms with Crippen molar-refractivity contribution in [3.05, 3.63) is 71.8 Å². The van der Waals surface area contributed by atoms with E-state index in [-0.39, 0.29) is 18.4 Å². The standard InChI is InChI=1S/C25H28N4O4/c1-28-23(31)25(16-19-10-6-3-7-11-19)17-29(15-14-21(25)27-28)22(30)20(26-24(32)33)13-12-18-8-4-2-5-9-18/h2-11,20,26H,12-17H2,1H3,(H,32,33). The maximum Gasteiger partial charge on any atom is 0.405 e. The fourth-order valence-electron chi connectivity index (χ4n) is 4.80. The number of piperidine rings is 1. The predicted octanol–water partition coefficient (Wildman–Crippen LogP) is 2.54. The predicted molar refractivity (Wildman–Crippen MR) is 124 cm³/mol. The number of fused-ring (bicyclic) bond motifs is 1. The molecule has 2 aliphatic rings. The molecule has 2 aromatic carbocycles. The summed E-state index contributed by atoms with van der Waals surface area (Å²) in [6, 6.07) is 18.5. The molecule has 0 aliphatic carbocycles. The van der Waals surface area contributed by atoms with Crippen molar-refractivity contribution in [1.29, 1.82) is 0 Å². The third kappa shape index (κ3) is 4.74. The monoisotopic (exact) mass is 448 g/mol. The lowest BCUT2D eigenvalue weighted by molar-refractivity contribution is -0.140. The summed E-state index contributed by atoms with van der Waals surface area (Å²) < 4.78 is 0. The number of amides is 3. The molecule has 8 nitrogen and oxygen atoms in total. The van der Waals surface area contributed by atoms with E-state index in [1.54, 1.807) is 11.9 Å². The second-order valence-electron chi connectivity index (χ2n) is 8.66. The Balaban J connectivity index is 1.55. The van der Waals surface area contributed by atoms with Crippen LogP contribution in [0.2, 0.25) is 0 Å². The quantitative estimate of drug-likeness (QED) is 0.680. The van der Waals surface area contributed by atoms with Crippen molar-refractivity contribution >= 4 is 23.6 Å². The Morgan fingerprint density at radius 3 is 2.36 bits per heavy atom. The Bertz CT molecular complexity index is 1060. The van der Waals surface area contributed by atoms with E-state index in [4.69, 9.17) is 0 Å². The maximum absolute atomic E-state index is 13.5. The van der Waals surface area contributed by atoms with Crippen LogP contribution in [-0.4, -0.2) is 64.8 Å². The minimum absolute atomic E-state index is 0.133. The van der Waals surface area contributed by atoms with Gasteiger partial charge >= 0.3 is 6.09 Å². The van der Waals surface area contributed by atoms with Gasteiger partial charge in [-0.3, -0.25) is 9.59 Å². The van der Waals surface area contributed by atoms with E-state index in [9.17, 15) is 19.5 Å². The number of hydrogen-bond donors (Lipinski definition) is 2. The van der Waals surface area contributed by atoms with Crippen LogP contribution in [0.5, 0.6) is 0 Å². The highest BCUT2D eigenvalue weighted by Crippen LogP contribution is 2.38. The second kappa shape index (κ2) is 9.44. The molecule has 2 aromatic rings. The minimum atomic E-state index is -1.24. The summed E-state index contributed by atoms with van der Waals surface area (Å²) in [5, 5.41) is 17.6. The van der Waals surface area contributed by atoms with Gasteiger partial charge in [-0.25, -0.2) is 9.80 Å². The van der Waals surface area contributed by atoms with Crippen molar-refractivity contribution in [3.8, 4) is 0 Å². The van der Waals surface area contributed by atoms with Gasteiger partial charge in [-0.15, -0.1) is 0 Å². The lowest BCUT2D eigenvalue weighted by atomic mass is 9.73. The highest BCUT2D eigenvalue weighted by molar-refractivity contribution is 6.13. The summed E-state index contributed by atoms with van der Waals surface area (Å²) in [6.07, 6.45) is 0.589. The van der Waals surface area contributed by atoms with Crippen LogP contribution in [-0.2, 0) is 22.4 Å². The largest absolute Gasteiger partial charge is 0.465 e. The Morgan fingerprint density at radius 2 is 1.73 bits per heavy atom. The van der Waals surface area contributed by atoms with Gasteiger partial charge < -0.3 is 15.3 Å². The number of carbonyl (C=O) groups is 3. The summed E-state index contributed by atoms with van der Waals surface area (Å²) in [5.41, 5.74) is 1.89. The first-order chi connectivity index (χ1) is 15.9. The highest BCUT2D eigenvalue weighted by atomic mass is 16.4. The van der Waals surface area contributed by atoms with Crippen molar-refractivity contribution in [1.82, 2.24) is 15.2 Å². The first-order valence-electron chi connectivity index (χ1n) is 11.1. The third-order valence-corrected chi connectivity index (χ3v) is 6.43. The van der Waals surface area contributed by atoms with Crippen LogP contribution >= 0.6 is 0 Å². The Kier molecular flexibility index (Phi) is 6.44. The molecule has 8 heteroatoms. The van der Waals surface area contributed by atoms with E-state index in [2.05, 4.69) is 10.4 Å². The SMILES string of the molecule is CN1N=C2CCN(C(=O)C(CCc3ccccc3)NC(=O)O)CC2(Cc2ccccc2)C1=O. The molecule has 1 saturated heterocycles. The number of likely N-dealkylation sites (tertiary alicyclic amines) is 1. The van der Waals surface area contributed by atoms with Crippen LogP contribution in [0.25, 0.3) is 0 Å². The van der Waals surface area contributed by atoms with Crippen molar-refractivity contribution in [2.75, 3.05) is 20.1 Å². The third-order valence-electron chi connectivity index (χ3n) is 6.43. The van der Waals surface area contributed by atoms with Crippen LogP contribution in [0.1, 0.15) is 24.0 Å². The molecule has 4 rings (SSSR count). The normalized spacial score (nSPS) is 20.8. The number of nitrogens with one attached hydrogen (secondary N) is 1. The van der Waals surface area contributed by atoms with Gasteiger partial charge in [0.15, 0.2) is 0 Å². The lowest BCUT2D eigenvalue weighted by Gasteiger charge is -2.40. The van der Waals surface area contributed by atoms with Gasteiger partial charge in [-0.1, -0.05) is 60.7 Å². The van der Waals surface area contributed by atoms with Crippen LogP contribution < -0.4 is 5.32 Å². The fraction of sp³-hybridized carbons (Fsp3) is 0.360. The summed E-state index contributed by atoms with van der Waals surface area (Å²) in [6.45, 7) is 0.588. The molecule has 2 N–H and O–H groups in total. The number of nitrogens with zero attached hydrogens (tertiary/aromatic N) is 3. The van der Waals surface area contributed by atoms with Crippen molar-refractivity contribution in [2.45, 2.75) is 31.7 Å². The number of rotatable bonds is 7. The molecule has 0 saturated carbocycles. The minimum Gasteiger partial charge on any atom is -0.465 e. The number of benzene rings is 2. The number of aryl methyl sites for hydroxylation is 1. The van der Waals surface area contributed by atoms with Gasteiger partial charge in [0.2, 0.25) is 5.91 Å². The van der Waals surface area contributed by atoms with E-state index in [0.717, 1.165) is 16.8 Å². The average Bonchev–Trinajstić information content (AvgIpc) is 3.06. The Hall–Kier alpha value is -3.68. The zero-order valence-corrected chi connectivity index (χ0v) is 18.6. The topological polar surface area (TPSA) is 102 Å². The first-order valence-corrected chi connectivity index (χ1v) is 11.1. The summed E-state index contributed by atoms with van der Waals surface area (Å²) in [4.78, 5) is 39.8. The van der Waals surface area contributed by atoms with Crippen molar-refractivity contribution < 1.29 is 19.5 Å². The van der Waals surface area contributed by atoms with E-state index >= 15 is 0 Å². The number of hydrogen-bond acceptors (Lipinski definition) is 4. The molecule has 0 bridgehead atoms. The lowest BCUT2D eigenvalue weighted by Crippen LogP contribution is -2.58. The van der Waals surface area contributed by atoms with Crippen molar-refractivity contribution in [2.24, 2.45) is 10.5 Å². The Labute approximate surface area is 192 Å². The van der Waals surface area contributed by atoms with Gasteiger partial charge in [0.25, 0.3) is 5.91 Å². The molecule has 2 aliphatic heterocycles. The molecule has 2 unspecified atom stereocenters. The summed E-state index contributed by atoms with van der Waals surface area (Å²) in [5.74, 6) is -0.437. The van der Waals surface area contributed by atoms with E-state index in [0.29, 0.717) is 32.2 Å². The average molecular weight is 449 g/mol. The van der Waals surface area contributed by atoms with Gasteiger partial charge in [0, 0.05) is 26.6 Å².